The summed E-state index contributed by atoms with van der Waals surface area (Å²) >= 11 is 0. The molecule has 3 heterocycles. The van der Waals surface area contributed by atoms with E-state index < -0.39 is 0 Å². The highest BCUT2D eigenvalue weighted by Gasteiger charge is 2.25. The maximum absolute atomic E-state index is 12.6. The lowest BCUT2D eigenvalue weighted by molar-refractivity contribution is -0.122. The number of morpholine rings is 1. The van der Waals surface area contributed by atoms with E-state index in [-0.39, 0.29) is 11.9 Å². The molecule has 1 N–H and O–H groups in total. The normalized spacial score (nSPS) is 21.3. The number of carbonyl (C=O) groups is 1. The molecule has 2 fully saturated rings. The molecule has 0 aromatic carbocycles. The first-order valence-electron chi connectivity index (χ1n) is 10.4. The summed E-state index contributed by atoms with van der Waals surface area (Å²) in [5.74, 6) is 0.702. The van der Waals surface area contributed by atoms with Gasteiger partial charge in [0.15, 0.2) is 0 Å². The number of amides is 1. The van der Waals surface area contributed by atoms with Gasteiger partial charge >= 0.3 is 0 Å². The van der Waals surface area contributed by atoms with Crippen LogP contribution in [0.3, 0.4) is 0 Å². The van der Waals surface area contributed by atoms with Crippen molar-refractivity contribution in [2.45, 2.75) is 45.2 Å². The van der Waals surface area contributed by atoms with E-state index in [0.29, 0.717) is 24.9 Å². The quantitative estimate of drug-likeness (QED) is 0.792. The van der Waals surface area contributed by atoms with Gasteiger partial charge in [-0.25, -0.2) is 0 Å². The van der Waals surface area contributed by atoms with Gasteiger partial charge in [0.05, 0.1) is 19.3 Å². The maximum atomic E-state index is 12.6. The van der Waals surface area contributed by atoms with Crippen molar-refractivity contribution >= 4 is 5.91 Å². The predicted molar refractivity (Wildman–Crippen MR) is 106 cm³/mol. The van der Waals surface area contributed by atoms with Gasteiger partial charge < -0.3 is 15.0 Å². The van der Waals surface area contributed by atoms with Crippen LogP contribution in [0.2, 0.25) is 0 Å². The first-order valence-corrected chi connectivity index (χ1v) is 10.4. The number of rotatable bonds is 7. The first kappa shape index (κ1) is 20.2. The van der Waals surface area contributed by atoms with Crippen molar-refractivity contribution in [1.82, 2.24) is 20.1 Å². The number of aromatic nitrogens is 1. The van der Waals surface area contributed by atoms with Crippen molar-refractivity contribution in [2.24, 2.45) is 5.92 Å². The summed E-state index contributed by atoms with van der Waals surface area (Å²) in [4.78, 5) is 21.6. The molecule has 1 aromatic heterocycles. The van der Waals surface area contributed by atoms with Crippen LogP contribution in [0.15, 0.2) is 24.5 Å². The van der Waals surface area contributed by atoms with Crippen LogP contribution in [0.1, 0.15) is 44.7 Å². The molecule has 0 bridgehead atoms. The van der Waals surface area contributed by atoms with Crippen molar-refractivity contribution in [2.75, 3.05) is 45.9 Å². The summed E-state index contributed by atoms with van der Waals surface area (Å²) in [7, 11) is 0. The van der Waals surface area contributed by atoms with Crippen LogP contribution in [0.5, 0.6) is 0 Å². The fourth-order valence-corrected chi connectivity index (χ4v) is 4.15. The molecule has 2 saturated heterocycles. The number of hydrogen-bond donors (Lipinski definition) is 1. The number of nitrogens with zero attached hydrogens (tertiary/aromatic N) is 3. The summed E-state index contributed by atoms with van der Waals surface area (Å²) in [6.07, 6.45) is 6.56. The molecule has 0 radical (unpaired) electrons. The SMILES string of the molecule is CC(C)N1CCC(CC(=O)NC[C@H](c2ccncc2)N2CCOCC2)CC1. The molecule has 2 aliphatic heterocycles. The van der Waals surface area contributed by atoms with Crippen molar-refractivity contribution in [1.29, 1.82) is 0 Å². The zero-order valence-electron chi connectivity index (χ0n) is 16.8. The Morgan fingerprint density at radius 1 is 1.15 bits per heavy atom. The van der Waals surface area contributed by atoms with Crippen LogP contribution in [0.4, 0.5) is 0 Å². The van der Waals surface area contributed by atoms with Crippen LogP contribution < -0.4 is 5.32 Å². The van der Waals surface area contributed by atoms with E-state index in [0.717, 1.165) is 52.2 Å². The van der Waals surface area contributed by atoms with Crippen LogP contribution in [-0.4, -0.2) is 72.7 Å². The Kier molecular flexibility index (Phi) is 7.61. The summed E-state index contributed by atoms with van der Waals surface area (Å²) in [5.41, 5.74) is 1.21. The first-order chi connectivity index (χ1) is 13.1. The number of pyridine rings is 1. The number of carbonyl (C=O) groups excluding carboxylic acids is 1. The third-order valence-electron chi connectivity index (χ3n) is 5.92. The fraction of sp³-hybridized carbons (Fsp3) is 0.714. The molecule has 27 heavy (non-hydrogen) atoms. The highest BCUT2D eigenvalue weighted by Crippen LogP contribution is 2.23. The Morgan fingerprint density at radius 3 is 2.44 bits per heavy atom. The number of hydrogen-bond acceptors (Lipinski definition) is 5. The lowest BCUT2D eigenvalue weighted by Gasteiger charge is -2.35. The van der Waals surface area contributed by atoms with Gasteiger partial charge in [-0.05, 0) is 63.4 Å². The number of ether oxygens (including phenoxy) is 1. The molecule has 0 unspecified atom stereocenters. The van der Waals surface area contributed by atoms with Crippen LogP contribution in [0.25, 0.3) is 0 Å². The summed E-state index contributed by atoms with van der Waals surface area (Å²) in [6.45, 7) is 10.7. The summed E-state index contributed by atoms with van der Waals surface area (Å²) in [6, 6.07) is 4.89. The van der Waals surface area contributed by atoms with Gasteiger partial charge in [-0.15, -0.1) is 0 Å². The van der Waals surface area contributed by atoms with E-state index in [2.05, 4.69) is 33.9 Å². The molecule has 6 nitrogen and oxygen atoms in total. The Labute approximate surface area is 163 Å². The van der Waals surface area contributed by atoms with E-state index in [1.807, 2.05) is 24.5 Å². The number of nitrogens with one attached hydrogen (secondary N) is 1. The van der Waals surface area contributed by atoms with E-state index in [1.54, 1.807) is 0 Å². The van der Waals surface area contributed by atoms with Crippen LogP contribution in [-0.2, 0) is 9.53 Å². The average molecular weight is 375 g/mol. The topological polar surface area (TPSA) is 57.7 Å². The zero-order chi connectivity index (χ0) is 19.1. The van der Waals surface area contributed by atoms with Crippen LogP contribution in [0, 0.1) is 5.92 Å². The highest BCUT2D eigenvalue weighted by molar-refractivity contribution is 5.76. The van der Waals surface area contributed by atoms with Gasteiger partial charge in [0.2, 0.25) is 5.91 Å². The van der Waals surface area contributed by atoms with Gasteiger partial charge in [-0.1, -0.05) is 0 Å². The molecule has 0 aliphatic carbocycles. The molecule has 1 amide bonds. The molecule has 150 valence electrons. The second-order valence-corrected chi connectivity index (χ2v) is 8.03. The van der Waals surface area contributed by atoms with E-state index in [1.165, 1.54) is 5.56 Å². The Hall–Kier alpha value is -1.50. The van der Waals surface area contributed by atoms with Gasteiger partial charge in [0.25, 0.3) is 0 Å². The number of piperidine rings is 1. The lowest BCUT2D eigenvalue weighted by atomic mass is 9.92. The standard InChI is InChI=1S/C21H34N4O2/c1-17(2)24-9-5-18(6-10-24)15-21(26)23-16-20(19-3-7-22-8-4-19)25-11-13-27-14-12-25/h3-4,7-8,17-18,20H,5-6,9-16H2,1-2H3,(H,23,26)/t20-/m1/s1. The van der Waals surface area contributed by atoms with Crippen molar-refractivity contribution in [3.8, 4) is 0 Å². The minimum Gasteiger partial charge on any atom is -0.379 e. The fourth-order valence-electron chi connectivity index (χ4n) is 4.15. The third-order valence-corrected chi connectivity index (χ3v) is 5.92. The smallest absolute Gasteiger partial charge is 0.220 e. The molecule has 0 spiro atoms. The summed E-state index contributed by atoms with van der Waals surface area (Å²) in [5, 5.41) is 3.20. The second-order valence-electron chi connectivity index (χ2n) is 8.03. The van der Waals surface area contributed by atoms with Crippen molar-refractivity contribution in [3.63, 3.8) is 0 Å². The largest absolute Gasteiger partial charge is 0.379 e. The average Bonchev–Trinajstić information content (AvgIpc) is 2.70. The highest BCUT2D eigenvalue weighted by atomic mass is 16.5. The molecular weight excluding hydrogens is 340 g/mol. The van der Waals surface area contributed by atoms with E-state index >= 15 is 0 Å². The lowest BCUT2D eigenvalue weighted by Crippen LogP contribution is -2.44. The zero-order valence-corrected chi connectivity index (χ0v) is 16.8. The minimum atomic E-state index is 0.184. The van der Waals surface area contributed by atoms with Gasteiger partial charge in [-0.2, -0.15) is 0 Å². The Bertz CT molecular complexity index is 567. The van der Waals surface area contributed by atoms with Crippen molar-refractivity contribution in [3.05, 3.63) is 30.1 Å². The molecular formula is C21H34N4O2. The van der Waals surface area contributed by atoms with Crippen LogP contribution >= 0.6 is 0 Å². The second kappa shape index (κ2) is 10.2. The predicted octanol–water partition coefficient (Wildman–Crippen LogP) is 2.08. The monoisotopic (exact) mass is 374 g/mol. The Morgan fingerprint density at radius 2 is 1.81 bits per heavy atom. The molecule has 2 aliphatic rings. The van der Waals surface area contributed by atoms with Crippen molar-refractivity contribution < 1.29 is 9.53 Å². The van der Waals surface area contributed by atoms with E-state index in [9.17, 15) is 4.79 Å². The minimum absolute atomic E-state index is 0.184. The van der Waals surface area contributed by atoms with E-state index in [4.69, 9.17) is 4.74 Å². The Balaban J connectivity index is 1.50. The molecule has 6 heteroatoms. The van der Waals surface area contributed by atoms with Gasteiger partial charge in [0.1, 0.15) is 0 Å². The molecule has 1 atom stereocenters. The summed E-state index contributed by atoms with van der Waals surface area (Å²) < 4.78 is 5.49. The number of likely N-dealkylation sites (tertiary alicyclic amines) is 1. The van der Waals surface area contributed by atoms with Gasteiger partial charge in [-0.3, -0.25) is 14.7 Å². The maximum Gasteiger partial charge on any atom is 0.220 e. The van der Waals surface area contributed by atoms with Gasteiger partial charge in [0, 0.05) is 44.5 Å². The molecule has 1 aromatic rings. The molecule has 0 saturated carbocycles. The third kappa shape index (κ3) is 5.99. The molecule has 3 rings (SSSR count).